The van der Waals surface area contributed by atoms with Gasteiger partial charge in [0.15, 0.2) is 0 Å². The van der Waals surface area contributed by atoms with Gasteiger partial charge in [-0.25, -0.2) is 4.98 Å². The average molecular weight is 224 g/mol. The Labute approximate surface area is 96.3 Å². The maximum atomic E-state index is 9.67. The molecule has 0 aliphatic heterocycles. The number of hydrogen-bond acceptors (Lipinski definition) is 5. The van der Waals surface area contributed by atoms with E-state index in [0.717, 1.165) is 17.8 Å². The second kappa shape index (κ2) is 5.75. The van der Waals surface area contributed by atoms with Crippen LogP contribution < -0.4 is 5.32 Å². The lowest BCUT2D eigenvalue weighted by atomic mass is 10.1. The summed E-state index contributed by atoms with van der Waals surface area (Å²) < 4.78 is 0. The SMILES string of the molecule is Cc1nnc(NCC(O)CC(C)C)nc1C. The Morgan fingerprint density at radius 1 is 1.19 bits per heavy atom. The van der Waals surface area contributed by atoms with E-state index in [-0.39, 0.29) is 6.10 Å². The Balaban J connectivity index is 2.45. The molecule has 5 nitrogen and oxygen atoms in total. The Morgan fingerprint density at radius 3 is 2.44 bits per heavy atom. The number of nitrogens with zero attached hydrogens (tertiary/aromatic N) is 3. The lowest BCUT2D eigenvalue weighted by molar-refractivity contribution is 0.161. The van der Waals surface area contributed by atoms with Crippen molar-refractivity contribution < 1.29 is 5.11 Å². The van der Waals surface area contributed by atoms with Gasteiger partial charge in [-0.2, -0.15) is 5.10 Å². The molecule has 0 aromatic carbocycles. The second-order valence-corrected chi connectivity index (χ2v) is 4.47. The molecule has 1 unspecified atom stereocenters. The van der Waals surface area contributed by atoms with E-state index in [1.807, 2.05) is 13.8 Å². The van der Waals surface area contributed by atoms with Crippen molar-refractivity contribution in [1.29, 1.82) is 0 Å². The minimum absolute atomic E-state index is 0.370. The zero-order valence-corrected chi connectivity index (χ0v) is 10.4. The summed E-state index contributed by atoms with van der Waals surface area (Å²) in [4.78, 5) is 4.23. The van der Waals surface area contributed by atoms with Gasteiger partial charge >= 0.3 is 0 Å². The van der Waals surface area contributed by atoms with Crippen LogP contribution in [0.2, 0.25) is 0 Å². The molecule has 0 fully saturated rings. The molecule has 1 aromatic rings. The van der Waals surface area contributed by atoms with Gasteiger partial charge in [-0.15, -0.1) is 5.10 Å². The third kappa shape index (κ3) is 4.10. The fourth-order valence-corrected chi connectivity index (χ4v) is 1.37. The monoisotopic (exact) mass is 224 g/mol. The summed E-state index contributed by atoms with van der Waals surface area (Å²) in [5.41, 5.74) is 1.68. The molecule has 0 amide bonds. The van der Waals surface area contributed by atoms with Crippen molar-refractivity contribution in [2.24, 2.45) is 5.92 Å². The highest BCUT2D eigenvalue weighted by Crippen LogP contribution is 2.06. The first-order valence-corrected chi connectivity index (χ1v) is 5.59. The zero-order valence-electron chi connectivity index (χ0n) is 10.4. The van der Waals surface area contributed by atoms with Gasteiger partial charge in [0.2, 0.25) is 5.95 Å². The first-order chi connectivity index (χ1) is 7.49. The highest BCUT2D eigenvalue weighted by molar-refractivity contribution is 5.24. The predicted molar refractivity (Wildman–Crippen MR) is 63.3 cm³/mol. The summed E-state index contributed by atoms with van der Waals surface area (Å²) >= 11 is 0. The molecule has 1 aromatic heterocycles. The maximum absolute atomic E-state index is 9.67. The molecule has 0 saturated carbocycles. The van der Waals surface area contributed by atoms with Crippen LogP contribution in [-0.4, -0.2) is 32.9 Å². The van der Waals surface area contributed by atoms with Gasteiger partial charge in [0.05, 0.1) is 17.5 Å². The summed E-state index contributed by atoms with van der Waals surface area (Å²) in [6, 6.07) is 0. The van der Waals surface area contributed by atoms with Crippen molar-refractivity contribution in [3.8, 4) is 0 Å². The Hall–Kier alpha value is -1.23. The topological polar surface area (TPSA) is 70.9 Å². The molecular formula is C11H20N4O. The van der Waals surface area contributed by atoms with Crippen LogP contribution in [0.25, 0.3) is 0 Å². The number of nitrogens with one attached hydrogen (secondary N) is 1. The van der Waals surface area contributed by atoms with Crippen LogP contribution >= 0.6 is 0 Å². The highest BCUT2D eigenvalue weighted by atomic mass is 16.3. The molecule has 0 aliphatic carbocycles. The zero-order chi connectivity index (χ0) is 12.1. The Morgan fingerprint density at radius 2 is 1.88 bits per heavy atom. The van der Waals surface area contributed by atoms with E-state index in [9.17, 15) is 5.11 Å². The van der Waals surface area contributed by atoms with Crippen LogP contribution in [-0.2, 0) is 0 Å². The number of hydrogen-bond donors (Lipinski definition) is 2. The summed E-state index contributed by atoms with van der Waals surface area (Å²) in [5.74, 6) is 0.960. The lowest BCUT2D eigenvalue weighted by Crippen LogP contribution is -2.22. The van der Waals surface area contributed by atoms with Gasteiger partial charge in [-0.3, -0.25) is 0 Å². The summed E-state index contributed by atoms with van der Waals surface area (Å²) in [6.07, 6.45) is 0.399. The molecular weight excluding hydrogens is 204 g/mol. The smallest absolute Gasteiger partial charge is 0.243 e. The number of aliphatic hydroxyl groups is 1. The van der Waals surface area contributed by atoms with Crippen molar-refractivity contribution in [2.45, 2.75) is 40.2 Å². The van der Waals surface area contributed by atoms with E-state index in [1.54, 1.807) is 0 Å². The van der Waals surface area contributed by atoms with Crippen molar-refractivity contribution in [1.82, 2.24) is 15.2 Å². The Kier molecular flexibility index (Phi) is 4.61. The van der Waals surface area contributed by atoms with E-state index in [2.05, 4.69) is 34.3 Å². The van der Waals surface area contributed by atoms with Crippen LogP contribution in [0.4, 0.5) is 5.95 Å². The molecule has 1 atom stereocenters. The van der Waals surface area contributed by atoms with Crippen LogP contribution in [0.3, 0.4) is 0 Å². The highest BCUT2D eigenvalue weighted by Gasteiger charge is 2.08. The molecule has 5 heteroatoms. The molecule has 0 radical (unpaired) electrons. The molecule has 1 rings (SSSR count). The maximum Gasteiger partial charge on any atom is 0.243 e. The van der Waals surface area contributed by atoms with Crippen molar-refractivity contribution in [3.05, 3.63) is 11.4 Å². The van der Waals surface area contributed by atoms with Crippen molar-refractivity contribution >= 4 is 5.95 Å². The van der Waals surface area contributed by atoms with Gasteiger partial charge in [0.1, 0.15) is 0 Å². The largest absolute Gasteiger partial charge is 0.391 e. The summed E-state index contributed by atoms with van der Waals surface area (Å²) in [6.45, 7) is 8.38. The first-order valence-electron chi connectivity index (χ1n) is 5.59. The molecule has 0 saturated heterocycles. The van der Waals surface area contributed by atoms with E-state index in [1.165, 1.54) is 0 Å². The number of aromatic nitrogens is 3. The minimum atomic E-state index is -0.370. The van der Waals surface area contributed by atoms with Crippen LogP contribution in [0.15, 0.2) is 0 Å². The van der Waals surface area contributed by atoms with Gasteiger partial charge in [0, 0.05) is 6.54 Å². The summed E-state index contributed by atoms with van der Waals surface area (Å²) in [7, 11) is 0. The standard InChI is InChI=1S/C11H20N4O/c1-7(2)5-10(16)6-12-11-13-8(3)9(4)14-15-11/h7,10,16H,5-6H2,1-4H3,(H,12,13,15). The molecule has 1 heterocycles. The molecule has 0 aliphatic rings. The van der Waals surface area contributed by atoms with Gasteiger partial charge in [-0.1, -0.05) is 13.8 Å². The van der Waals surface area contributed by atoms with Crippen LogP contribution in [0.5, 0.6) is 0 Å². The fraction of sp³-hybridized carbons (Fsp3) is 0.727. The molecule has 90 valence electrons. The molecule has 0 bridgehead atoms. The van der Waals surface area contributed by atoms with Crippen molar-refractivity contribution in [2.75, 3.05) is 11.9 Å². The number of rotatable bonds is 5. The number of aliphatic hydroxyl groups excluding tert-OH is 1. The number of anilines is 1. The van der Waals surface area contributed by atoms with E-state index >= 15 is 0 Å². The van der Waals surface area contributed by atoms with Crippen LogP contribution in [0, 0.1) is 19.8 Å². The van der Waals surface area contributed by atoms with E-state index < -0.39 is 0 Å². The Bertz CT molecular complexity index is 341. The predicted octanol–water partition coefficient (Wildman–Crippen LogP) is 1.31. The van der Waals surface area contributed by atoms with E-state index in [4.69, 9.17) is 0 Å². The molecule has 2 N–H and O–H groups in total. The lowest BCUT2D eigenvalue weighted by Gasteiger charge is -2.13. The van der Waals surface area contributed by atoms with Gasteiger partial charge < -0.3 is 10.4 Å². The third-order valence-electron chi connectivity index (χ3n) is 2.33. The minimum Gasteiger partial charge on any atom is -0.391 e. The quantitative estimate of drug-likeness (QED) is 0.789. The fourth-order valence-electron chi connectivity index (χ4n) is 1.37. The summed E-state index contributed by atoms with van der Waals surface area (Å²) in [5, 5.41) is 20.5. The van der Waals surface area contributed by atoms with Crippen molar-refractivity contribution in [3.63, 3.8) is 0 Å². The normalized spacial score (nSPS) is 12.9. The number of aryl methyl sites for hydroxylation is 2. The van der Waals surface area contributed by atoms with Crippen LogP contribution in [0.1, 0.15) is 31.7 Å². The van der Waals surface area contributed by atoms with Gasteiger partial charge in [-0.05, 0) is 26.2 Å². The first kappa shape index (κ1) is 12.8. The average Bonchev–Trinajstić information content (AvgIpc) is 2.19. The second-order valence-electron chi connectivity index (χ2n) is 4.47. The van der Waals surface area contributed by atoms with E-state index in [0.29, 0.717) is 18.4 Å². The van der Waals surface area contributed by atoms with Gasteiger partial charge in [0.25, 0.3) is 0 Å². The third-order valence-corrected chi connectivity index (χ3v) is 2.33. The molecule has 0 spiro atoms. The molecule has 16 heavy (non-hydrogen) atoms.